The van der Waals surface area contributed by atoms with Crippen LogP contribution in [0.5, 0.6) is 0 Å². The number of nitriles is 1. The minimum Gasteiger partial charge on any atom is -0.392 e. The van der Waals surface area contributed by atoms with E-state index < -0.39 is 0 Å². The number of rotatable bonds is 5. The Bertz CT molecular complexity index is 660. The summed E-state index contributed by atoms with van der Waals surface area (Å²) in [6, 6.07) is 15.9. The van der Waals surface area contributed by atoms with Crippen LogP contribution >= 0.6 is 0 Å². The van der Waals surface area contributed by atoms with Crippen molar-refractivity contribution in [3.63, 3.8) is 0 Å². The van der Waals surface area contributed by atoms with Gasteiger partial charge in [-0.1, -0.05) is 12.1 Å². The molecular weight excluding hydrogens is 266 g/mol. The van der Waals surface area contributed by atoms with Gasteiger partial charge in [-0.3, -0.25) is 4.79 Å². The summed E-state index contributed by atoms with van der Waals surface area (Å²) < 4.78 is 0. The van der Waals surface area contributed by atoms with E-state index in [9.17, 15) is 4.79 Å². The summed E-state index contributed by atoms with van der Waals surface area (Å²) in [4.78, 5) is 11.8. The Labute approximate surface area is 122 Å². The number of amides is 1. The van der Waals surface area contributed by atoms with Crippen LogP contribution < -0.4 is 10.6 Å². The summed E-state index contributed by atoms with van der Waals surface area (Å²) in [5, 5.41) is 23.5. The van der Waals surface area contributed by atoms with Crippen LogP contribution in [0.3, 0.4) is 0 Å². The monoisotopic (exact) mass is 281 g/mol. The van der Waals surface area contributed by atoms with Gasteiger partial charge < -0.3 is 15.7 Å². The molecule has 0 aliphatic heterocycles. The topological polar surface area (TPSA) is 85.2 Å². The smallest absolute Gasteiger partial charge is 0.243 e. The summed E-state index contributed by atoms with van der Waals surface area (Å²) in [6.07, 6.45) is 0. The Kier molecular flexibility index (Phi) is 4.91. The average Bonchev–Trinajstić information content (AvgIpc) is 2.53. The molecule has 2 aromatic carbocycles. The second-order valence-electron chi connectivity index (χ2n) is 4.45. The van der Waals surface area contributed by atoms with Crippen molar-refractivity contribution in [2.45, 2.75) is 6.61 Å². The van der Waals surface area contributed by atoms with E-state index in [2.05, 4.69) is 10.6 Å². The maximum absolute atomic E-state index is 11.8. The first-order valence-corrected chi connectivity index (χ1v) is 6.45. The van der Waals surface area contributed by atoms with Crippen LogP contribution in [-0.4, -0.2) is 17.6 Å². The number of nitrogens with one attached hydrogen (secondary N) is 2. The van der Waals surface area contributed by atoms with Crippen LogP contribution in [0, 0.1) is 11.3 Å². The maximum Gasteiger partial charge on any atom is 0.243 e. The van der Waals surface area contributed by atoms with Gasteiger partial charge in [0.25, 0.3) is 0 Å². The molecule has 0 aromatic heterocycles. The van der Waals surface area contributed by atoms with Crippen molar-refractivity contribution in [2.24, 2.45) is 0 Å². The normalized spacial score (nSPS) is 9.71. The molecule has 5 nitrogen and oxygen atoms in total. The van der Waals surface area contributed by atoms with Crippen molar-refractivity contribution in [3.8, 4) is 6.07 Å². The van der Waals surface area contributed by atoms with Crippen LogP contribution in [0.2, 0.25) is 0 Å². The predicted octanol–water partition coefficient (Wildman–Crippen LogP) is 2.10. The van der Waals surface area contributed by atoms with Crippen LogP contribution in [0.4, 0.5) is 11.4 Å². The molecule has 106 valence electrons. The summed E-state index contributed by atoms with van der Waals surface area (Å²) in [7, 11) is 0. The molecule has 21 heavy (non-hydrogen) atoms. The highest BCUT2D eigenvalue weighted by molar-refractivity contribution is 5.93. The Hall–Kier alpha value is -2.84. The lowest BCUT2D eigenvalue weighted by Gasteiger charge is -2.08. The fourth-order valence-electron chi connectivity index (χ4n) is 1.80. The van der Waals surface area contributed by atoms with Gasteiger partial charge in [0.1, 0.15) is 0 Å². The fourth-order valence-corrected chi connectivity index (χ4v) is 1.80. The molecule has 0 saturated heterocycles. The number of carbonyl (C=O) groups is 1. The fraction of sp³-hybridized carbons (Fsp3) is 0.125. The number of anilines is 2. The Morgan fingerprint density at radius 1 is 1.14 bits per heavy atom. The van der Waals surface area contributed by atoms with Crippen LogP contribution in [-0.2, 0) is 11.4 Å². The van der Waals surface area contributed by atoms with Crippen molar-refractivity contribution in [1.82, 2.24) is 0 Å². The van der Waals surface area contributed by atoms with Crippen molar-refractivity contribution < 1.29 is 9.90 Å². The van der Waals surface area contributed by atoms with Crippen LogP contribution in [0.1, 0.15) is 11.1 Å². The summed E-state index contributed by atoms with van der Waals surface area (Å²) in [5.74, 6) is -0.186. The van der Waals surface area contributed by atoms with Gasteiger partial charge in [-0.05, 0) is 42.0 Å². The van der Waals surface area contributed by atoms with Crippen LogP contribution in [0.15, 0.2) is 48.5 Å². The van der Waals surface area contributed by atoms with Gasteiger partial charge in [-0.15, -0.1) is 0 Å². The van der Waals surface area contributed by atoms with Crippen molar-refractivity contribution in [1.29, 1.82) is 5.26 Å². The van der Waals surface area contributed by atoms with Gasteiger partial charge >= 0.3 is 0 Å². The molecule has 0 aliphatic rings. The largest absolute Gasteiger partial charge is 0.392 e. The lowest BCUT2D eigenvalue weighted by Crippen LogP contribution is -2.21. The standard InChI is InChI=1S/C16H15N3O2/c17-9-12-4-6-14(7-5-12)18-10-16(21)19-15-3-1-2-13(8-15)11-20/h1-8,18,20H,10-11H2,(H,19,21). The highest BCUT2D eigenvalue weighted by Crippen LogP contribution is 2.11. The molecule has 0 bridgehead atoms. The van der Waals surface area contributed by atoms with E-state index >= 15 is 0 Å². The summed E-state index contributed by atoms with van der Waals surface area (Å²) in [6.45, 7) is 0.0580. The highest BCUT2D eigenvalue weighted by Gasteiger charge is 2.03. The third-order valence-electron chi connectivity index (χ3n) is 2.86. The molecule has 0 atom stereocenters. The van der Waals surface area contributed by atoms with Crippen LogP contribution in [0.25, 0.3) is 0 Å². The van der Waals surface area contributed by atoms with E-state index in [1.54, 1.807) is 48.5 Å². The third-order valence-corrected chi connectivity index (χ3v) is 2.86. The molecule has 0 unspecified atom stereocenters. The molecule has 1 amide bonds. The number of hydrogen-bond acceptors (Lipinski definition) is 4. The zero-order chi connectivity index (χ0) is 15.1. The van der Waals surface area contributed by atoms with Crippen molar-refractivity contribution in [3.05, 3.63) is 59.7 Å². The molecule has 0 saturated carbocycles. The number of carbonyl (C=O) groups excluding carboxylic acids is 1. The van der Waals surface area contributed by atoms with Gasteiger partial charge in [-0.25, -0.2) is 0 Å². The third kappa shape index (κ3) is 4.34. The zero-order valence-electron chi connectivity index (χ0n) is 11.3. The van der Waals surface area contributed by atoms with Gasteiger partial charge in [0.15, 0.2) is 0 Å². The Balaban J connectivity index is 1.88. The molecule has 2 rings (SSSR count). The molecular formula is C16H15N3O2. The number of nitrogens with zero attached hydrogens (tertiary/aromatic N) is 1. The molecule has 3 N–H and O–H groups in total. The van der Waals surface area contributed by atoms with Gasteiger partial charge in [0.2, 0.25) is 5.91 Å². The SMILES string of the molecule is N#Cc1ccc(NCC(=O)Nc2cccc(CO)c2)cc1. The Morgan fingerprint density at radius 3 is 2.57 bits per heavy atom. The number of benzene rings is 2. The minimum absolute atomic E-state index is 0.0623. The molecule has 5 heteroatoms. The summed E-state index contributed by atoms with van der Waals surface area (Å²) >= 11 is 0. The number of aliphatic hydroxyl groups is 1. The minimum atomic E-state index is -0.186. The second kappa shape index (κ2) is 7.08. The van der Waals surface area contributed by atoms with Gasteiger partial charge in [0, 0.05) is 11.4 Å². The van der Waals surface area contributed by atoms with E-state index in [0.29, 0.717) is 11.3 Å². The number of aliphatic hydroxyl groups excluding tert-OH is 1. The van der Waals surface area contributed by atoms with E-state index in [-0.39, 0.29) is 19.1 Å². The first-order valence-electron chi connectivity index (χ1n) is 6.45. The molecule has 0 aliphatic carbocycles. The molecule has 0 radical (unpaired) electrons. The molecule has 0 heterocycles. The van der Waals surface area contributed by atoms with E-state index in [4.69, 9.17) is 10.4 Å². The number of hydrogen-bond donors (Lipinski definition) is 3. The lowest BCUT2D eigenvalue weighted by atomic mass is 10.2. The average molecular weight is 281 g/mol. The predicted molar refractivity (Wildman–Crippen MR) is 80.6 cm³/mol. The van der Waals surface area contributed by atoms with Crippen molar-refractivity contribution >= 4 is 17.3 Å². The molecule has 0 spiro atoms. The van der Waals surface area contributed by atoms with Gasteiger partial charge in [0.05, 0.1) is 24.8 Å². The first kappa shape index (κ1) is 14.6. The quantitative estimate of drug-likeness (QED) is 0.783. The maximum atomic E-state index is 11.8. The molecule has 0 fully saturated rings. The van der Waals surface area contributed by atoms with E-state index in [0.717, 1.165) is 11.3 Å². The first-order chi connectivity index (χ1) is 10.2. The van der Waals surface area contributed by atoms with E-state index in [1.807, 2.05) is 6.07 Å². The summed E-state index contributed by atoms with van der Waals surface area (Å²) in [5.41, 5.74) is 2.74. The van der Waals surface area contributed by atoms with E-state index in [1.165, 1.54) is 0 Å². The van der Waals surface area contributed by atoms with Gasteiger partial charge in [-0.2, -0.15) is 5.26 Å². The lowest BCUT2D eigenvalue weighted by molar-refractivity contribution is -0.114. The van der Waals surface area contributed by atoms with Crippen molar-refractivity contribution in [2.75, 3.05) is 17.2 Å². The zero-order valence-corrected chi connectivity index (χ0v) is 11.3. The second-order valence-corrected chi connectivity index (χ2v) is 4.45. The Morgan fingerprint density at radius 2 is 1.90 bits per heavy atom. The molecule has 2 aromatic rings. The highest BCUT2D eigenvalue weighted by atomic mass is 16.3.